The first-order valence-corrected chi connectivity index (χ1v) is 11.4. The average molecular weight is 468 g/mol. The van der Waals surface area contributed by atoms with Gasteiger partial charge in [0, 0.05) is 23.0 Å². The third-order valence-corrected chi connectivity index (χ3v) is 6.24. The lowest BCUT2D eigenvalue weighted by Gasteiger charge is -2.27. The van der Waals surface area contributed by atoms with Crippen LogP contribution in [0, 0.1) is 6.92 Å². The summed E-state index contributed by atoms with van der Waals surface area (Å²) in [7, 11) is 1.49. The molecule has 1 N–H and O–H groups in total. The predicted octanol–water partition coefficient (Wildman–Crippen LogP) is 6.17. The Hall–Kier alpha value is -3.25. The highest BCUT2D eigenvalue weighted by atomic mass is 35.5. The number of halogens is 1. The zero-order chi connectivity index (χ0) is 23.7. The van der Waals surface area contributed by atoms with E-state index in [0.717, 1.165) is 30.4 Å². The van der Waals surface area contributed by atoms with E-state index in [2.05, 4.69) is 6.92 Å². The Morgan fingerprint density at radius 3 is 2.67 bits per heavy atom. The molecule has 0 aliphatic carbocycles. The van der Waals surface area contributed by atoms with Gasteiger partial charge in [-0.3, -0.25) is 9.59 Å². The number of rotatable bonds is 8. The first-order chi connectivity index (χ1) is 15.9. The summed E-state index contributed by atoms with van der Waals surface area (Å²) >= 11 is 6.15. The molecule has 3 aromatic rings. The van der Waals surface area contributed by atoms with Gasteiger partial charge in [0.1, 0.15) is 0 Å². The van der Waals surface area contributed by atoms with Gasteiger partial charge in [-0.05, 0) is 36.6 Å². The Kier molecular flexibility index (Phi) is 6.47. The topological polar surface area (TPSA) is 80.0 Å². The number of amides is 1. The van der Waals surface area contributed by atoms with Crippen LogP contribution in [0.25, 0.3) is 11.0 Å². The van der Waals surface area contributed by atoms with Crippen molar-refractivity contribution < 1.29 is 23.8 Å². The van der Waals surface area contributed by atoms with Gasteiger partial charge in [-0.25, -0.2) is 0 Å². The second-order valence-electron chi connectivity index (χ2n) is 8.19. The highest BCUT2D eigenvalue weighted by Crippen LogP contribution is 2.41. The van der Waals surface area contributed by atoms with Gasteiger partial charge in [0.2, 0.25) is 5.78 Å². The number of furan rings is 1. The number of carbonyl (C=O) groups excluding carboxylic acids is 2. The first-order valence-electron chi connectivity index (χ1n) is 11.0. The normalized spacial score (nSPS) is 16.2. The molecular weight excluding hydrogens is 442 g/mol. The molecule has 0 saturated carbocycles. The average Bonchev–Trinajstić information content (AvgIpc) is 3.33. The number of hydrogen-bond acceptors (Lipinski definition) is 5. The summed E-state index contributed by atoms with van der Waals surface area (Å²) < 4.78 is 11.2. The molecule has 1 atom stereocenters. The highest BCUT2D eigenvalue weighted by Gasteiger charge is 2.44. The number of aliphatic hydroxyl groups is 1. The number of benzene rings is 2. The van der Waals surface area contributed by atoms with E-state index in [0.29, 0.717) is 28.3 Å². The summed E-state index contributed by atoms with van der Waals surface area (Å²) in [5, 5.41) is 11.9. The van der Waals surface area contributed by atoms with E-state index in [-0.39, 0.29) is 11.3 Å². The lowest BCUT2D eigenvalue weighted by molar-refractivity contribution is -0.129. The Morgan fingerprint density at radius 2 is 1.97 bits per heavy atom. The van der Waals surface area contributed by atoms with Crippen LogP contribution in [0.5, 0.6) is 5.75 Å². The largest absolute Gasteiger partial charge is 0.503 e. The van der Waals surface area contributed by atoms with E-state index in [1.807, 2.05) is 31.2 Å². The van der Waals surface area contributed by atoms with Gasteiger partial charge >= 0.3 is 0 Å². The Labute approximate surface area is 197 Å². The Morgan fingerprint density at radius 1 is 1.21 bits per heavy atom. The van der Waals surface area contributed by atoms with Gasteiger partial charge in [0.25, 0.3) is 5.91 Å². The molecule has 1 aliphatic rings. The van der Waals surface area contributed by atoms with Gasteiger partial charge in [-0.1, -0.05) is 55.6 Å². The van der Waals surface area contributed by atoms with Crippen LogP contribution >= 0.6 is 11.6 Å². The second kappa shape index (κ2) is 9.32. The minimum atomic E-state index is -0.693. The molecule has 1 aliphatic heterocycles. The molecule has 6 nitrogen and oxygen atoms in total. The monoisotopic (exact) mass is 467 g/mol. The first kappa shape index (κ1) is 22.9. The van der Waals surface area contributed by atoms with E-state index in [4.69, 9.17) is 20.8 Å². The number of unbranched alkanes of at least 4 members (excludes halogenated alkanes) is 2. The van der Waals surface area contributed by atoms with E-state index >= 15 is 0 Å². The zero-order valence-electron chi connectivity index (χ0n) is 18.9. The molecule has 1 unspecified atom stereocenters. The maximum absolute atomic E-state index is 13.7. The number of nitrogens with zero attached hydrogens (tertiary/aromatic N) is 1. The van der Waals surface area contributed by atoms with Gasteiger partial charge < -0.3 is 19.2 Å². The molecule has 0 saturated heterocycles. The smallest absolute Gasteiger partial charge is 0.290 e. The van der Waals surface area contributed by atoms with E-state index < -0.39 is 23.5 Å². The van der Waals surface area contributed by atoms with Crippen molar-refractivity contribution in [2.75, 3.05) is 13.7 Å². The van der Waals surface area contributed by atoms with Crippen LogP contribution in [0.1, 0.15) is 53.9 Å². The summed E-state index contributed by atoms with van der Waals surface area (Å²) in [6.07, 6.45) is 2.71. The molecule has 0 fully saturated rings. The zero-order valence-corrected chi connectivity index (χ0v) is 19.6. The maximum Gasteiger partial charge on any atom is 0.290 e. The van der Waals surface area contributed by atoms with Crippen LogP contribution < -0.4 is 4.74 Å². The van der Waals surface area contributed by atoms with E-state index in [9.17, 15) is 14.7 Å². The molecule has 0 bridgehead atoms. The van der Waals surface area contributed by atoms with Gasteiger partial charge in [0.15, 0.2) is 22.9 Å². The number of carbonyl (C=O) groups is 2. The van der Waals surface area contributed by atoms with Gasteiger partial charge in [-0.15, -0.1) is 0 Å². The van der Waals surface area contributed by atoms with Crippen molar-refractivity contribution in [1.82, 2.24) is 4.90 Å². The lowest BCUT2D eigenvalue weighted by atomic mass is 9.92. The molecule has 2 aromatic carbocycles. The minimum absolute atomic E-state index is 0.00825. The van der Waals surface area contributed by atoms with Crippen molar-refractivity contribution in [3.8, 4) is 5.75 Å². The maximum atomic E-state index is 13.7. The van der Waals surface area contributed by atoms with Crippen molar-refractivity contribution in [2.24, 2.45) is 0 Å². The van der Waals surface area contributed by atoms with Crippen molar-refractivity contribution in [3.63, 3.8) is 0 Å². The summed E-state index contributed by atoms with van der Waals surface area (Å²) in [5.74, 6) is -1.21. The molecule has 0 radical (unpaired) electrons. The summed E-state index contributed by atoms with van der Waals surface area (Å²) in [5.41, 5.74) is 2.12. The molecule has 1 amide bonds. The fraction of sp³-hybridized carbons (Fsp3) is 0.308. The highest BCUT2D eigenvalue weighted by molar-refractivity contribution is 6.31. The van der Waals surface area contributed by atoms with E-state index in [1.165, 1.54) is 7.11 Å². The molecule has 1 aromatic heterocycles. The molecule has 33 heavy (non-hydrogen) atoms. The SMILES string of the molecule is CCCCCN1C(=O)C(O)=C(C(=O)c2cc3cc(Cl)cc(OC)c3o2)C1c1ccccc1C. The van der Waals surface area contributed by atoms with Crippen LogP contribution in [0.15, 0.2) is 58.2 Å². The fourth-order valence-corrected chi connectivity index (χ4v) is 4.56. The fourth-order valence-electron chi connectivity index (χ4n) is 4.35. The third kappa shape index (κ3) is 4.11. The number of aliphatic hydroxyl groups excluding tert-OH is 1. The molecule has 172 valence electrons. The number of ketones is 1. The van der Waals surface area contributed by atoms with Gasteiger partial charge in [0.05, 0.1) is 18.7 Å². The summed E-state index contributed by atoms with van der Waals surface area (Å²) in [4.78, 5) is 28.3. The number of Topliss-reactive ketones (excluding diaryl/α,β-unsaturated/α-hetero) is 1. The number of fused-ring (bicyclic) bond motifs is 1. The van der Waals surface area contributed by atoms with Crippen LogP contribution in [0.3, 0.4) is 0 Å². The summed E-state index contributed by atoms with van der Waals surface area (Å²) in [6.45, 7) is 4.45. The molecule has 4 rings (SSSR count). The van der Waals surface area contributed by atoms with Crippen molar-refractivity contribution in [3.05, 3.63) is 75.7 Å². The second-order valence-corrected chi connectivity index (χ2v) is 8.63. The van der Waals surface area contributed by atoms with Gasteiger partial charge in [-0.2, -0.15) is 0 Å². The van der Waals surface area contributed by atoms with Crippen LogP contribution in [-0.2, 0) is 4.79 Å². The van der Waals surface area contributed by atoms with Crippen molar-refractivity contribution in [2.45, 2.75) is 39.2 Å². The van der Waals surface area contributed by atoms with E-state index in [1.54, 1.807) is 23.1 Å². The molecule has 2 heterocycles. The number of aryl methyl sites for hydroxylation is 1. The quantitative estimate of drug-likeness (QED) is 0.316. The minimum Gasteiger partial charge on any atom is -0.503 e. The number of ether oxygens (including phenoxy) is 1. The Bertz CT molecular complexity index is 1260. The predicted molar refractivity (Wildman–Crippen MR) is 127 cm³/mol. The summed E-state index contributed by atoms with van der Waals surface area (Å²) in [6, 6.07) is 11.7. The van der Waals surface area contributed by atoms with Crippen molar-refractivity contribution >= 4 is 34.3 Å². The lowest BCUT2D eigenvalue weighted by Crippen LogP contribution is -2.32. The Balaban J connectivity index is 1.81. The molecule has 7 heteroatoms. The van der Waals surface area contributed by atoms with Crippen molar-refractivity contribution in [1.29, 1.82) is 0 Å². The molecular formula is C26H26ClNO5. The third-order valence-electron chi connectivity index (χ3n) is 6.02. The van der Waals surface area contributed by atoms with Crippen LogP contribution in [0.4, 0.5) is 0 Å². The molecule has 0 spiro atoms. The number of methoxy groups -OCH3 is 1. The standard InChI is InChI=1S/C26H26ClNO5/c1-4-5-8-11-28-22(18-10-7-6-9-15(18)2)21(24(30)26(28)31)23(29)19-13-16-12-17(27)14-20(32-3)25(16)33-19/h6-7,9-10,12-14,22,30H,4-5,8,11H2,1-3H3. The van der Waals surface area contributed by atoms with Crippen LogP contribution in [0.2, 0.25) is 5.02 Å². The van der Waals surface area contributed by atoms with Crippen LogP contribution in [-0.4, -0.2) is 35.4 Å². The number of hydrogen-bond donors (Lipinski definition) is 1.